The van der Waals surface area contributed by atoms with E-state index in [0.717, 1.165) is 0 Å². The Morgan fingerprint density at radius 2 is 1.65 bits per heavy atom. The summed E-state index contributed by atoms with van der Waals surface area (Å²) in [6.45, 7) is 6.42. The lowest BCUT2D eigenvalue weighted by molar-refractivity contribution is 0.103. The van der Waals surface area contributed by atoms with Crippen molar-refractivity contribution in [3.8, 4) is 0 Å². The van der Waals surface area contributed by atoms with Gasteiger partial charge in [0.15, 0.2) is 5.78 Å². The molecule has 3 heteroatoms. The Morgan fingerprint density at radius 1 is 1.05 bits per heavy atom. The van der Waals surface area contributed by atoms with Gasteiger partial charge < -0.3 is 5.73 Å². The van der Waals surface area contributed by atoms with Crippen LogP contribution in [0, 0.1) is 0 Å². The zero-order valence-corrected chi connectivity index (χ0v) is 12.7. The van der Waals surface area contributed by atoms with Gasteiger partial charge in [0.05, 0.1) is 0 Å². The molecule has 2 rings (SSSR count). The Balaban J connectivity index is 2.34. The van der Waals surface area contributed by atoms with E-state index >= 15 is 0 Å². The molecule has 104 valence electrons. The molecule has 2 aromatic carbocycles. The van der Waals surface area contributed by atoms with E-state index in [1.54, 1.807) is 18.2 Å². The number of benzene rings is 2. The maximum atomic E-state index is 12.4. The molecular weight excluding hydrogens is 270 g/mol. The lowest BCUT2D eigenvalue weighted by atomic mass is 9.86. The number of rotatable bonds is 2. The van der Waals surface area contributed by atoms with Crippen LogP contribution in [0.25, 0.3) is 0 Å². The van der Waals surface area contributed by atoms with Crippen molar-refractivity contribution in [1.82, 2.24) is 0 Å². The minimum Gasteiger partial charge on any atom is -0.398 e. The van der Waals surface area contributed by atoms with Gasteiger partial charge >= 0.3 is 0 Å². The maximum absolute atomic E-state index is 12.4. The summed E-state index contributed by atoms with van der Waals surface area (Å²) < 4.78 is 0. The van der Waals surface area contributed by atoms with E-state index in [2.05, 4.69) is 20.8 Å². The summed E-state index contributed by atoms with van der Waals surface area (Å²) in [6.07, 6.45) is 0. The third-order valence-corrected chi connectivity index (χ3v) is 3.51. The summed E-state index contributed by atoms with van der Waals surface area (Å²) in [5.41, 5.74) is 8.64. The fourth-order valence-corrected chi connectivity index (χ4v) is 2.20. The third-order valence-electron chi connectivity index (χ3n) is 3.27. The van der Waals surface area contributed by atoms with E-state index in [4.69, 9.17) is 17.3 Å². The van der Waals surface area contributed by atoms with Gasteiger partial charge in [-0.1, -0.05) is 56.6 Å². The second-order valence-electron chi connectivity index (χ2n) is 5.89. The Kier molecular flexibility index (Phi) is 3.87. The zero-order valence-electron chi connectivity index (χ0n) is 11.9. The number of halogens is 1. The molecule has 0 radical (unpaired) electrons. The molecule has 2 aromatic rings. The highest BCUT2D eigenvalue weighted by molar-refractivity contribution is 6.31. The standard InChI is InChI=1S/C17H18ClNO/c1-17(2,3)12-6-4-11(5-7-12)16(20)14-9-8-13(18)10-15(14)19/h4-10H,19H2,1-3H3. The first-order chi connectivity index (χ1) is 9.29. The van der Waals surface area contributed by atoms with Crippen LogP contribution in [0.2, 0.25) is 5.02 Å². The number of hydrogen-bond donors (Lipinski definition) is 1. The zero-order chi connectivity index (χ0) is 14.9. The van der Waals surface area contributed by atoms with Crippen molar-refractivity contribution >= 4 is 23.1 Å². The number of nitrogen functional groups attached to an aromatic ring is 1. The molecule has 0 aliphatic rings. The largest absolute Gasteiger partial charge is 0.398 e. The molecule has 0 fully saturated rings. The lowest BCUT2D eigenvalue weighted by Crippen LogP contribution is -2.11. The molecule has 20 heavy (non-hydrogen) atoms. The molecule has 0 saturated carbocycles. The van der Waals surface area contributed by atoms with Gasteiger partial charge in [-0.05, 0) is 29.2 Å². The fourth-order valence-electron chi connectivity index (χ4n) is 2.02. The predicted octanol–water partition coefficient (Wildman–Crippen LogP) is 4.45. The average Bonchev–Trinajstić information content (AvgIpc) is 2.37. The normalized spacial score (nSPS) is 11.4. The van der Waals surface area contributed by atoms with Crippen LogP contribution in [0.3, 0.4) is 0 Å². The molecule has 0 bridgehead atoms. The van der Waals surface area contributed by atoms with Crippen LogP contribution in [-0.4, -0.2) is 5.78 Å². The van der Waals surface area contributed by atoms with Gasteiger partial charge in [0, 0.05) is 21.8 Å². The summed E-state index contributed by atoms with van der Waals surface area (Å²) in [7, 11) is 0. The van der Waals surface area contributed by atoms with Crippen LogP contribution < -0.4 is 5.73 Å². The lowest BCUT2D eigenvalue weighted by Gasteiger charge is -2.19. The molecule has 0 spiro atoms. The van der Waals surface area contributed by atoms with Gasteiger partial charge in [-0.3, -0.25) is 4.79 Å². The first-order valence-corrected chi connectivity index (χ1v) is 6.87. The summed E-state index contributed by atoms with van der Waals surface area (Å²) in [4.78, 5) is 12.4. The highest BCUT2D eigenvalue weighted by atomic mass is 35.5. The van der Waals surface area contributed by atoms with Crippen molar-refractivity contribution in [2.75, 3.05) is 5.73 Å². The highest BCUT2D eigenvalue weighted by Crippen LogP contribution is 2.24. The Bertz CT molecular complexity index is 639. The average molecular weight is 288 g/mol. The van der Waals surface area contributed by atoms with Gasteiger partial charge in [-0.25, -0.2) is 0 Å². The van der Waals surface area contributed by atoms with Crippen LogP contribution in [0.1, 0.15) is 42.3 Å². The Morgan fingerprint density at radius 3 is 2.15 bits per heavy atom. The third kappa shape index (κ3) is 3.02. The molecule has 2 nitrogen and oxygen atoms in total. The minimum atomic E-state index is -0.0837. The van der Waals surface area contributed by atoms with Gasteiger partial charge in [-0.2, -0.15) is 0 Å². The molecule has 0 aliphatic carbocycles. The number of anilines is 1. The van der Waals surface area contributed by atoms with Gasteiger partial charge in [0.2, 0.25) is 0 Å². The molecule has 0 aromatic heterocycles. The minimum absolute atomic E-state index is 0.0703. The number of hydrogen-bond acceptors (Lipinski definition) is 2. The highest BCUT2D eigenvalue weighted by Gasteiger charge is 2.16. The van der Waals surface area contributed by atoms with Crippen LogP contribution >= 0.6 is 11.6 Å². The van der Waals surface area contributed by atoms with Crippen molar-refractivity contribution in [2.45, 2.75) is 26.2 Å². The number of carbonyl (C=O) groups is 1. The van der Waals surface area contributed by atoms with Gasteiger partial charge in [-0.15, -0.1) is 0 Å². The van der Waals surface area contributed by atoms with Crippen molar-refractivity contribution in [3.63, 3.8) is 0 Å². The van der Waals surface area contributed by atoms with Crippen molar-refractivity contribution in [1.29, 1.82) is 0 Å². The van der Waals surface area contributed by atoms with Gasteiger partial charge in [0.25, 0.3) is 0 Å². The maximum Gasteiger partial charge on any atom is 0.195 e. The quantitative estimate of drug-likeness (QED) is 0.655. The Hall–Kier alpha value is -1.80. The summed E-state index contributed by atoms with van der Waals surface area (Å²) in [6, 6.07) is 12.6. The molecule has 0 aliphatic heterocycles. The summed E-state index contributed by atoms with van der Waals surface area (Å²) >= 11 is 5.85. The van der Waals surface area contributed by atoms with E-state index in [1.807, 2.05) is 24.3 Å². The summed E-state index contributed by atoms with van der Waals surface area (Å²) in [5, 5.41) is 0.530. The van der Waals surface area contributed by atoms with Crippen LogP contribution in [0.15, 0.2) is 42.5 Å². The van der Waals surface area contributed by atoms with E-state index in [9.17, 15) is 4.79 Å². The Labute approximate surface area is 124 Å². The topological polar surface area (TPSA) is 43.1 Å². The van der Waals surface area contributed by atoms with E-state index < -0.39 is 0 Å². The first kappa shape index (κ1) is 14.6. The van der Waals surface area contributed by atoms with Crippen molar-refractivity contribution in [3.05, 3.63) is 64.2 Å². The first-order valence-electron chi connectivity index (χ1n) is 6.49. The number of ketones is 1. The molecule has 0 saturated heterocycles. The van der Waals surface area contributed by atoms with Crippen molar-refractivity contribution < 1.29 is 4.79 Å². The molecule has 2 N–H and O–H groups in total. The molecule has 0 unspecified atom stereocenters. The van der Waals surface area contributed by atoms with E-state index in [1.165, 1.54) is 5.56 Å². The van der Waals surface area contributed by atoms with Crippen molar-refractivity contribution in [2.24, 2.45) is 0 Å². The summed E-state index contributed by atoms with van der Waals surface area (Å²) in [5.74, 6) is -0.0837. The molecular formula is C17H18ClNO. The van der Waals surface area contributed by atoms with Gasteiger partial charge in [0.1, 0.15) is 0 Å². The molecule has 0 amide bonds. The van der Waals surface area contributed by atoms with Crippen LogP contribution in [-0.2, 0) is 5.41 Å². The molecule has 0 heterocycles. The fraction of sp³-hybridized carbons (Fsp3) is 0.235. The van der Waals surface area contributed by atoms with E-state index in [0.29, 0.717) is 21.8 Å². The second kappa shape index (κ2) is 5.29. The number of carbonyl (C=O) groups excluding carboxylic acids is 1. The van der Waals surface area contributed by atoms with Crippen LogP contribution in [0.4, 0.5) is 5.69 Å². The van der Waals surface area contributed by atoms with E-state index in [-0.39, 0.29) is 11.2 Å². The SMILES string of the molecule is CC(C)(C)c1ccc(C(=O)c2ccc(Cl)cc2N)cc1. The smallest absolute Gasteiger partial charge is 0.195 e. The second-order valence-corrected chi connectivity index (χ2v) is 6.32. The monoisotopic (exact) mass is 287 g/mol. The molecule has 0 atom stereocenters. The number of nitrogens with two attached hydrogens (primary N) is 1. The van der Waals surface area contributed by atoms with Crippen LogP contribution in [0.5, 0.6) is 0 Å². The predicted molar refractivity (Wildman–Crippen MR) is 84.4 cm³/mol.